The van der Waals surface area contributed by atoms with Crippen LogP contribution >= 0.6 is 23.7 Å². The van der Waals surface area contributed by atoms with Gasteiger partial charge in [-0.05, 0) is 83.7 Å². The highest BCUT2D eigenvalue weighted by Crippen LogP contribution is 2.28. The molecule has 0 radical (unpaired) electrons. The molecule has 0 bridgehead atoms. The van der Waals surface area contributed by atoms with Crippen LogP contribution in [0.15, 0.2) is 65.4 Å². The SMILES string of the molecule is Cl.c1cc(-c2ccc(Oc3ccc(OC[C@@H]4CCCCN4)cc3)cc2)cs1. The van der Waals surface area contributed by atoms with E-state index in [0.717, 1.165) is 30.4 Å². The lowest BCUT2D eigenvalue weighted by Crippen LogP contribution is -2.38. The Kier molecular flexibility index (Phi) is 7.16. The summed E-state index contributed by atoms with van der Waals surface area (Å²) in [4.78, 5) is 0. The normalized spacial score (nSPS) is 16.4. The maximum absolute atomic E-state index is 5.93. The Hall–Kier alpha value is -2.01. The molecule has 2 aromatic carbocycles. The van der Waals surface area contributed by atoms with E-state index in [0.29, 0.717) is 6.04 Å². The molecule has 0 spiro atoms. The van der Waals surface area contributed by atoms with Gasteiger partial charge in [-0.15, -0.1) is 12.4 Å². The van der Waals surface area contributed by atoms with Crippen molar-refractivity contribution in [2.24, 2.45) is 0 Å². The molecule has 1 aliphatic heterocycles. The van der Waals surface area contributed by atoms with Gasteiger partial charge in [0.05, 0.1) is 0 Å². The first kappa shape index (κ1) is 19.7. The number of hydrogen-bond donors (Lipinski definition) is 1. The summed E-state index contributed by atoms with van der Waals surface area (Å²) in [5, 5.41) is 7.74. The van der Waals surface area contributed by atoms with Crippen molar-refractivity contribution >= 4 is 23.7 Å². The van der Waals surface area contributed by atoms with Gasteiger partial charge < -0.3 is 14.8 Å². The van der Waals surface area contributed by atoms with E-state index in [1.807, 2.05) is 36.4 Å². The zero-order valence-corrected chi connectivity index (χ0v) is 16.7. The van der Waals surface area contributed by atoms with Crippen molar-refractivity contribution in [2.75, 3.05) is 13.2 Å². The molecule has 5 heteroatoms. The molecule has 1 aromatic heterocycles. The number of halogens is 1. The molecule has 0 aliphatic carbocycles. The summed E-state index contributed by atoms with van der Waals surface area (Å²) >= 11 is 1.71. The maximum Gasteiger partial charge on any atom is 0.127 e. The summed E-state index contributed by atoms with van der Waals surface area (Å²) in [6.45, 7) is 1.83. The second-order valence-electron chi connectivity index (χ2n) is 6.57. The van der Waals surface area contributed by atoms with Crippen molar-refractivity contribution in [3.63, 3.8) is 0 Å². The summed E-state index contributed by atoms with van der Waals surface area (Å²) in [5.74, 6) is 2.54. The topological polar surface area (TPSA) is 30.5 Å². The third kappa shape index (κ3) is 5.48. The largest absolute Gasteiger partial charge is 0.492 e. The average molecular weight is 402 g/mol. The Labute approximate surface area is 170 Å². The minimum Gasteiger partial charge on any atom is -0.492 e. The Morgan fingerprint density at radius 2 is 1.56 bits per heavy atom. The fourth-order valence-electron chi connectivity index (χ4n) is 3.15. The lowest BCUT2D eigenvalue weighted by molar-refractivity contribution is 0.239. The van der Waals surface area contributed by atoms with E-state index in [4.69, 9.17) is 9.47 Å². The highest BCUT2D eigenvalue weighted by Gasteiger charge is 2.12. The van der Waals surface area contributed by atoms with Gasteiger partial charge in [-0.3, -0.25) is 0 Å². The van der Waals surface area contributed by atoms with Gasteiger partial charge in [-0.2, -0.15) is 11.3 Å². The smallest absolute Gasteiger partial charge is 0.127 e. The van der Waals surface area contributed by atoms with Crippen LogP contribution in [0.4, 0.5) is 0 Å². The summed E-state index contributed by atoms with van der Waals surface area (Å²) in [5.41, 5.74) is 2.45. The molecule has 1 atom stereocenters. The fraction of sp³-hybridized carbons (Fsp3) is 0.273. The monoisotopic (exact) mass is 401 g/mol. The zero-order chi connectivity index (χ0) is 17.6. The van der Waals surface area contributed by atoms with E-state index >= 15 is 0 Å². The van der Waals surface area contributed by atoms with Crippen LogP contribution in [-0.4, -0.2) is 19.2 Å². The van der Waals surface area contributed by atoms with Gasteiger partial charge in [0, 0.05) is 6.04 Å². The van der Waals surface area contributed by atoms with Crippen molar-refractivity contribution in [1.29, 1.82) is 0 Å². The van der Waals surface area contributed by atoms with Crippen LogP contribution in [0.25, 0.3) is 11.1 Å². The van der Waals surface area contributed by atoms with Gasteiger partial charge in [-0.1, -0.05) is 18.6 Å². The first-order chi connectivity index (χ1) is 12.9. The van der Waals surface area contributed by atoms with Crippen molar-refractivity contribution in [1.82, 2.24) is 5.32 Å². The van der Waals surface area contributed by atoms with E-state index < -0.39 is 0 Å². The molecule has 1 aliphatic rings. The second kappa shape index (κ2) is 9.79. The average Bonchev–Trinajstić information content (AvgIpc) is 3.24. The third-order valence-corrected chi connectivity index (χ3v) is 5.32. The molecule has 1 N–H and O–H groups in total. The number of nitrogens with one attached hydrogen (secondary N) is 1. The Bertz CT molecular complexity index is 797. The molecule has 27 heavy (non-hydrogen) atoms. The van der Waals surface area contributed by atoms with Crippen LogP contribution in [0, 0.1) is 0 Å². The van der Waals surface area contributed by atoms with Crippen LogP contribution in [0.5, 0.6) is 17.2 Å². The minimum absolute atomic E-state index is 0. The number of benzene rings is 2. The first-order valence-electron chi connectivity index (χ1n) is 9.13. The number of hydrogen-bond acceptors (Lipinski definition) is 4. The standard InChI is InChI=1S/C22H23NO2S.ClH/c1-2-13-23-19(3-1)15-24-20-8-10-22(11-9-20)25-21-6-4-17(5-7-21)18-12-14-26-16-18;/h4-12,14,16,19,23H,1-3,13,15H2;1H/t19-;/m0./s1. The molecular formula is C22H24ClNO2S. The number of rotatable bonds is 6. The molecule has 3 aromatic rings. The van der Waals surface area contributed by atoms with Crippen LogP contribution in [0.2, 0.25) is 0 Å². The lowest BCUT2D eigenvalue weighted by Gasteiger charge is -2.23. The molecule has 2 heterocycles. The Morgan fingerprint density at radius 3 is 2.19 bits per heavy atom. The number of piperidine rings is 1. The van der Waals surface area contributed by atoms with Crippen LogP contribution in [0.1, 0.15) is 19.3 Å². The second-order valence-corrected chi connectivity index (χ2v) is 7.35. The molecule has 0 amide bonds. The zero-order valence-electron chi connectivity index (χ0n) is 15.1. The summed E-state index contributed by atoms with van der Waals surface area (Å²) in [6, 6.07) is 18.6. The number of ether oxygens (including phenoxy) is 2. The van der Waals surface area contributed by atoms with Gasteiger partial charge in [0.2, 0.25) is 0 Å². The highest BCUT2D eigenvalue weighted by atomic mass is 35.5. The van der Waals surface area contributed by atoms with Gasteiger partial charge >= 0.3 is 0 Å². The van der Waals surface area contributed by atoms with Crippen LogP contribution in [0.3, 0.4) is 0 Å². The molecule has 1 saturated heterocycles. The predicted molar refractivity (Wildman–Crippen MR) is 115 cm³/mol. The van der Waals surface area contributed by atoms with Gasteiger partial charge in [-0.25, -0.2) is 0 Å². The highest BCUT2D eigenvalue weighted by molar-refractivity contribution is 7.08. The van der Waals surface area contributed by atoms with Gasteiger partial charge in [0.15, 0.2) is 0 Å². The summed E-state index contributed by atoms with van der Waals surface area (Å²) in [7, 11) is 0. The fourth-order valence-corrected chi connectivity index (χ4v) is 3.81. The van der Waals surface area contributed by atoms with Gasteiger partial charge in [0.1, 0.15) is 23.9 Å². The predicted octanol–water partition coefficient (Wildman–Crippen LogP) is 6.15. The van der Waals surface area contributed by atoms with Gasteiger partial charge in [0.25, 0.3) is 0 Å². The molecular weight excluding hydrogens is 378 g/mol. The molecule has 0 unspecified atom stereocenters. The molecule has 4 rings (SSSR count). The quantitative estimate of drug-likeness (QED) is 0.537. The summed E-state index contributed by atoms with van der Waals surface area (Å²) < 4.78 is 11.8. The molecule has 142 valence electrons. The lowest BCUT2D eigenvalue weighted by atomic mass is 10.1. The van der Waals surface area contributed by atoms with E-state index in [2.05, 4.69) is 34.3 Å². The maximum atomic E-state index is 5.93. The Balaban J connectivity index is 0.00000210. The van der Waals surface area contributed by atoms with Crippen molar-refractivity contribution in [3.05, 3.63) is 65.4 Å². The van der Waals surface area contributed by atoms with E-state index in [-0.39, 0.29) is 12.4 Å². The summed E-state index contributed by atoms with van der Waals surface area (Å²) in [6.07, 6.45) is 3.76. The van der Waals surface area contributed by atoms with Crippen molar-refractivity contribution in [3.8, 4) is 28.4 Å². The Morgan fingerprint density at radius 1 is 0.852 bits per heavy atom. The molecule has 0 saturated carbocycles. The van der Waals surface area contributed by atoms with Crippen molar-refractivity contribution in [2.45, 2.75) is 25.3 Å². The van der Waals surface area contributed by atoms with Crippen molar-refractivity contribution < 1.29 is 9.47 Å². The van der Waals surface area contributed by atoms with E-state index in [9.17, 15) is 0 Å². The van der Waals surface area contributed by atoms with E-state index in [1.54, 1.807) is 11.3 Å². The minimum atomic E-state index is 0. The number of thiophene rings is 1. The molecule has 3 nitrogen and oxygen atoms in total. The van der Waals surface area contributed by atoms with Crippen LogP contribution < -0.4 is 14.8 Å². The van der Waals surface area contributed by atoms with Crippen LogP contribution in [-0.2, 0) is 0 Å². The first-order valence-corrected chi connectivity index (χ1v) is 10.1. The van der Waals surface area contributed by atoms with E-state index in [1.165, 1.54) is 30.4 Å². The third-order valence-electron chi connectivity index (χ3n) is 4.63. The molecule has 1 fully saturated rings.